The molecule has 2 aromatic carbocycles. The van der Waals surface area contributed by atoms with Crippen LogP contribution in [0.15, 0.2) is 48.5 Å². The van der Waals surface area contributed by atoms with E-state index >= 15 is 0 Å². The lowest BCUT2D eigenvalue weighted by Crippen LogP contribution is -2.19. The van der Waals surface area contributed by atoms with Gasteiger partial charge < -0.3 is 0 Å². The summed E-state index contributed by atoms with van der Waals surface area (Å²) in [6.45, 7) is 9.06. The van der Waals surface area contributed by atoms with E-state index in [1.807, 2.05) is 0 Å². The Bertz CT molecular complexity index is 500. The third kappa shape index (κ3) is 2.89. The molecule has 0 saturated heterocycles. The van der Waals surface area contributed by atoms with Crippen molar-refractivity contribution in [3.8, 4) is 0 Å². The van der Waals surface area contributed by atoms with Crippen LogP contribution in [0.3, 0.4) is 0 Å². The molecule has 100 valence electrons. The van der Waals surface area contributed by atoms with Crippen LogP contribution >= 0.6 is 0 Å². The Morgan fingerprint density at radius 1 is 0.737 bits per heavy atom. The fourth-order valence-corrected chi connectivity index (χ4v) is 2.53. The Kier molecular flexibility index (Phi) is 4.09. The Labute approximate surface area is 117 Å². The normalized spacial score (nSPS) is 11.6. The average Bonchev–Trinajstić information content (AvgIpc) is 2.47. The highest BCUT2D eigenvalue weighted by molar-refractivity contribution is 5.40. The largest absolute Gasteiger partial charge is 0.0617 e. The van der Waals surface area contributed by atoms with Crippen molar-refractivity contribution in [2.75, 3.05) is 0 Å². The summed E-state index contributed by atoms with van der Waals surface area (Å²) in [6.07, 6.45) is 2.19. The summed E-state index contributed by atoms with van der Waals surface area (Å²) in [5, 5.41) is 0. The molecule has 0 bridgehead atoms. The number of benzene rings is 2. The summed E-state index contributed by atoms with van der Waals surface area (Å²) >= 11 is 0. The lowest BCUT2D eigenvalue weighted by Gasteiger charge is -2.27. The second-order valence-corrected chi connectivity index (χ2v) is 5.73. The van der Waals surface area contributed by atoms with Gasteiger partial charge in [0.05, 0.1) is 0 Å². The van der Waals surface area contributed by atoms with Crippen LogP contribution in [-0.4, -0.2) is 0 Å². The standard InChI is InChI=1S/C19H24/c1-5-15-9-7-11-17(13-15)19(3,4)18-12-8-10-16(6-2)14-18/h7-14H,5-6H2,1-4H3. The Hall–Kier alpha value is -1.56. The smallest absolute Gasteiger partial charge is 0.0146 e. The molecule has 0 heteroatoms. The van der Waals surface area contributed by atoms with Crippen LogP contribution in [0, 0.1) is 0 Å². The first-order chi connectivity index (χ1) is 9.07. The van der Waals surface area contributed by atoms with E-state index in [1.54, 1.807) is 0 Å². The fraction of sp³-hybridized carbons (Fsp3) is 0.368. The van der Waals surface area contributed by atoms with Gasteiger partial charge in [0.1, 0.15) is 0 Å². The topological polar surface area (TPSA) is 0 Å². The maximum atomic E-state index is 2.35. The van der Waals surface area contributed by atoms with Crippen LogP contribution in [0.2, 0.25) is 0 Å². The Morgan fingerprint density at radius 2 is 1.16 bits per heavy atom. The van der Waals surface area contributed by atoms with Crippen molar-refractivity contribution in [1.29, 1.82) is 0 Å². The second-order valence-electron chi connectivity index (χ2n) is 5.73. The molecule has 0 fully saturated rings. The molecule has 0 aromatic heterocycles. The molecular formula is C19H24. The van der Waals surface area contributed by atoms with Crippen molar-refractivity contribution in [1.82, 2.24) is 0 Å². The van der Waals surface area contributed by atoms with Gasteiger partial charge in [-0.2, -0.15) is 0 Å². The van der Waals surface area contributed by atoms with Crippen molar-refractivity contribution in [3.63, 3.8) is 0 Å². The quantitative estimate of drug-likeness (QED) is 0.707. The highest BCUT2D eigenvalue weighted by Gasteiger charge is 2.23. The number of rotatable bonds is 4. The first-order valence-electron chi connectivity index (χ1n) is 7.26. The molecule has 0 aliphatic rings. The van der Waals surface area contributed by atoms with E-state index < -0.39 is 0 Å². The van der Waals surface area contributed by atoms with Crippen LogP contribution in [0.25, 0.3) is 0 Å². The first-order valence-corrected chi connectivity index (χ1v) is 7.26. The van der Waals surface area contributed by atoms with Crippen molar-refractivity contribution in [2.45, 2.75) is 46.0 Å². The number of hydrogen-bond acceptors (Lipinski definition) is 0. The van der Waals surface area contributed by atoms with E-state index in [0.29, 0.717) is 0 Å². The zero-order chi connectivity index (χ0) is 13.9. The average molecular weight is 252 g/mol. The summed E-state index contributed by atoms with van der Waals surface area (Å²) < 4.78 is 0. The third-order valence-corrected chi connectivity index (χ3v) is 4.11. The van der Waals surface area contributed by atoms with Gasteiger partial charge in [0.25, 0.3) is 0 Å². The molecule has 0 saturated carbocycles. The summed E-state index contributed by atoms with van der Waals surface area (Å²) in [6, 6.07) is 18.0. The molecule has 0 N–H and O–H groups in total. The monoisotopic (exact) mass is 252 g/mol. The molecule has 2 rings (SSSR count). The predicted molar refractivity (Wildman–Crippen MR) is 83.8 cm³/mol. The fourth-order valence-electron chi connectivity index (χ4n) is 2.53. The summed E-state index contributed by atoms with van der Waals surface area (Å²) in [5.41, 5.74) is 5.70. The Balaban J connectivity index is 2.44. The van der Waals surface area contributed by atoms with Crippen LogP contribution in [0.4, 0.5) is 0 Å². The molecule has 0 atom stereocenters. The van der Waals surface area contributed by atoms with Crippen molar-refractivity contribution in [2.24, 2.45) is 0 Å². The van der Waals surface area contributed by atoms with Gasteiger partial charge in [0.15, 0.2) is 0 Å². The second kappa shape index (κ2) is 5.61. The van der Waals surface area contributed by atoms with Gasteiger partial charge in [-0.1, -0.05) is 76.2 Å². The summed E-state index contributed by atoms with van der Waals surface area (Å²) in [7, 11) is 0. The summed E-state index contributed by atoms with van der Waals surface area (Å²) in [5.74, 6) is 0. The molecule has 0 unspecified atom stereocenters. The van der Waals surface area contributed by atoms with Crippen LogP contribution < -0.4 is 0 Å². The lowest BCUT2D eigenvalue weighted by atomic mass is 9.77. The van der Waals surface area contributed by atoms with Gasteiger partial charge in [-0.15, -0.1) is 0 Å². The van der Waals surface area contributed by atoms with Gasteiger partial charge in [0.2, 0.25) is 0 Å². The minimum atomic E-state index is 0.0658. The molecule has 19 heavy (non-hydrogen) atoms. The molecule has 0 aliphatic carbocycles. The van der Waals surface area contributed by atoms with E-state index in [9.17, 15) is 0 Å². The van der Waals surface area contributed by atoms with Gasteiger partial charge >= 0.3 is 0 Å². The van der Waals surface area contributed by atoms with Gasteiger partial charge in [0, 0.05) is 5.41 Å². The molecule has 2 aromatic rings. The zero-order valence-electron chi connectivity index (χ0n) is 12.5. The van der Waals surface area contributed by atoms with Crippen molar-refractivity contribution < 1.29 is 0 Å². The highest BCUT2D eigenvalue weighted by atomic mass is 14.3. The maximum absolute atomic E-state index is 2.35. The third-order valence-electron chi connectivity index (χ3n) is 4.11. The predicted octanol–water partition coefficient (Wildman–Crippen LogP) is 5.14. The van der Waals surface area contributed by atoms with E-state index in [-0.39, 0.29) is 5.41 Å². The molecule has 0 aliphatic heterocycles. The molecule has 0 spiro atoms. The number of aryl methyl sites for hydroxylation is 2. The van der Waals surface area contributed by atoms with Crippen LogP contribution in [0.1, 0.15) is 49.9 Å². The lowest BCUT2D eigenvalue weighted by molar-refractivity contribution is 0.638. The minimum absolute atomic E-state index is 0.0658. The highest BCUT2D eigenvalue weighted by Crippen LogP contribution is 2.32. The molecule has 0 amide bonds. The van der Waals surface area contributed by atoms with E-state index in [1.165, 1.54) is 22.3 Å². The van der Waals surface area contributed by atoms with E-state index in [0.717, 1.165) is 12.8 Å². The minimum Gasteiger partial charge on any atom is -0.0617 e. The molecule has 0 nitrogen and oxygen atoms in total. The summed E-state index contributed by atoms with van der Waals surface area (Å²) in [4.78, 5) is 0. The molecular weight excluding hydrogens is 228 g/mol. The van der Waals surface area contributed by atoms with Crippen LogP contribution in [0.5, 0.6) is 0 Å². The molecule has 0 heterocycles. The van der Waals surface area contributed by atoms with Crippen molar-refractivity contribution >= 4 is 0 Å². The van der Waals surface area contributed by atoms with E-state index in [2.05, 4.69) is 76.2 Å². The van der Waals surface area contributed by atoms with Gasteiger partial charge in [-0.3, -0.25) is 0 Å². The van der Waals surface area contributed by atoms with Gasteiger partial charge in [-0.25, -0.2) is 0 Å². The SMILES string of the molecule is CCc1cccc(C(C)(C)c2cccc(CC)c2)c1. The maximum Gasteiger partial charge on any atom is 0.0146 e. The first kappa shape index (κ1) is 13.9. The van der Waals surface area contributed by atoms with Gasteiger partial charge in [-0.05, 0) is 35.1 Å². The van der Waals surface area contributed by atoms with Crippen LogP contribution in [-0.2, 0) is 18.3 Å². The Morgan fingerprint density at radius 3 is 1.53 bits per heavy atom. The van der Waals surface area contributed by atoms with E-state index in [4.69, 9.17) is 0 Å². The molecule has 0 radical (unpaired) electrons. The number of hydrogen-bond donors (Lipinski definition) is 0. The zero-order valence-corrected chi connectivity index (χ0v) is 12.5. The van der Waals surface area contributed by atoms with Crippen molar-refractivity contribution in [3.05, 3.63) is 70.8 Å².